The van der Waals surface area contributed by atoms with E-state index in [0.29, 0.717) is 12.4 Å². The van der Waals surface area contributed by atoms with E-state index in [1.807, 2.05) is 0 Å². The van der Waals surface area contributed by atoms with E-state index in [2.05, 4.69) is 42.6 Å². The van der Waals surface area contributed by atoms with Gasteiger partial charge in [-0.05, 0) is 22.6 Å². The van der Waals surface area contributed by atoms with E-state index < -0.39 is 6.09 Å². The van der Waals surface area contributed by atoms with Gasteiger partial charge < -0.3 is 15.8 Å². The normalized spacial score (nSPS) is 9.50. The molecule has 0 bridgehead atoms. The maximum absolute atomic E-state index is 10.2. The summed E-state index contributed by atoms with van der Waals surface area (Å²) in [6.45, 7) is 0.686. The predicted molar refractivity (Wildman–Crippen MR) is 58.8 cm³/mol. The van der Waals surface area contributed by atoms with Crippen LogP contribution < -0.4 is 11.1 Å². The molecule has 6 nitrogen and oxygen atoms in total. The molecule has 0 fully saturated rings. The maximum Gasteiger partial charge on any atom is 0.404 e. The molecule has 0 aliphatic heterocycles. The molecule has 1 aromatic heterocycles. The molecule has 1 aromatic rings. The Morgan fingerprint density at radius 2 is 2.50 bits per heavy atom. The molecule has 76 valence electrons. The van der Waals surface area contributed by atoms with Crippen LogP contribution in [0.1, 0.15) is 0 Å². The van der Waals surface area contributed by atoms with Crippen LogP contribution >= 0.6 is 22.6 Å². The summed E-state index contributed by atoms with van der Waals surface area (Å²) in [7, 11) is 0. The number of hydrogen-bond donors (Lipinski definition) is 2. The summed E-state index contributed by atoms with van der Waals surface area (Å²) in [5.74, 6) is 0.716. The van der Waals surface area contributed by atoms with E-state index in [9.17, 15) is 4.79 Å². The molecule has 0 aromatic carbocycles. The average Bonchev–Trinajstić information content (AvgIpc) is 2.15. The van der Waals surface area contributed by atoms with Gasteiger partial charge in [0.15, 0.2) is 0 Å². The maximum atomic E-state index is 10.2. The quantitative estimate of drug-likeness (QED) is 0.627. The topological polar surface area (TPSA) is 90.1 Å². The lowest BCUT2D eigenvalue weighted by Gasteiger charge is -2.05. The van der Waals surface area contributed by atoms with E-state index in [1.54, 1.807) is 6.20 Å². The third-order valence-corrected chi connectivity index (χ3v) is 2.10. The molecule has 0 saturated carbocycles. The molecule has 0 atom stereocenters. The van der Waals surface area contributed by atoms with Crippen molar-refractivity contribution < 1.29 is 9.53 Å². The third kappa shape index (κ3) is 3.73. The van der Waals surface area contributed by atoms with Crippen molar-refractivity contribution in [2.45, 2.75) is 0 Å². The van der Waals surface area contributed by atoms with Gasteiger partial charge in [-0.15, -0.1) is 0 Å². The standard InChI is InChI=1S/C7H9IN4O2/c8-5-3-10-4-12-6(5)11-1-2-14-7(9)13/h3-4H,1-2H2,(H2,9,13)(H,10,11,12). The van der Waals surface area contributed by atoms with Crippen LogP contribution in [-0.2, 0) is 4.74 Å². The number of nitrogens with one attached hydrogen (secondary N) is 1. The summed E-state index contributed by atoms with van der Waals surface area (Å²) in [6.07, 6.45) is 2.36. The van der Waals surface area contributed by atoms with Gasteiger partial charge in [0.25, 0.3) is 0 Å². The van der Waals surface area contributed by atoms with Crippen molar-refractivity contribution in [2.75, 3.05) is 18.5 Å². The number of nitrogens with two attached hydrogens (primary N) is 1. The zero-order valence-electron chi connectivity index (χ0n) is 7.24. The van der Waals surface area contributed by atoms with Gasteiger partial charge in [0.05, 0.1) is 10.1 Å². The van der Waals surface area contributed by atoms with Crippen LogP contribution in [0, 0.1) is 3.57 Å². The van der Waals surface area contributed by atoms with Crippen LogP contribution in [0.4, 0.5) is 10.6 Å². The number of anilines is 1. The summed E-state index contributed by atoms with van der Waals surface area (Å²) in [5, 5.41) is 2.98. The van der Waals surface area contributed by atoms with Crippen molar-refractivity contribution in [1.29, 1.82) is 0 Å². The number of carbonyl (C=O) groups excluding carboxylic acids is 1. The lowest BCUT2D eigenvalue weighted by Crippen LogP contribution is -2.18. The van der Waals surface area contributed by atoms with Gasteiger partial charge in [0.2, 0.25) is 0 Å². The molecule has 0 radical (unpaired) electrons. The van der Waals surface area contributed by atoms with Gasteiger partial charge in [0, 0.05) is 6.20 Å². The van der Waals surface area contributed by atoms with E-state index >= 15 is 0 Å². The van der Waals surface area contributed by atoms with Crippen LogP contribution in [0.2, 0.25) is 0 Å². The predicted octanol–water partition coefficient (Wildman–Crippen LogP) is 0.588. The van der Waals surface area contributed by atoms with Gasteiger partial charge in [-0.2, -0.15) is 0 Å². The fourth-order valence-electron chi connectivity index (χ4n) is 0.764. The number of primary amides is 1. The largest absolute Gasteiger partial charge is 0.448 e. The van der Waals surface area contributed by atoms with E-state index in [-0.39, 0.29) is 6.61 Å². The molecular formula is C7H9IN4O2. The van der Waals surface area contributed by atoms with E-state index in [4.69, 9.17) is 5.73 Å². The highest BCUT2D eigenvalue weighted by Crippen LogP contribution is 2.11. The minimum atomic E-state index is -0.774. The fourth-order valence-corrected chi connectivity index (χ4v) is 1.25. The Labute approximate surface area is 94.4 Å². The zero-order chi connectivity index (χ0) is 10.4. The molecule has 1 rings (SSSR count). The van der Waals surface area contributed by atoms with E-state index in [1.165, 1.54) is 6.33 Å². The Hall–Kier alpha value is -1.12. The summed E-state index contributed by atoms with van der Waals surface area (Å²) in [4.78, 5) is 18.1. The second-order valence-corrected chi connectivity index (χ2v) is 3.48. The number of amides is 1. The third-order valence-electron chi connectivity index (χ3n) is 1.31. The first-order chi connectivity index (χ1) is 6.70. The highest BCUT2D eigenvalue weighted by molar-refractivity contribution is 14.1. The first-order valence-corrected chi connectivity index (χ1v) is 4.89. The number of nitrogens with zero attached hydrogens (tertiary/aromatic N) is 2. The minimum absolute atomic E-state index is 0.218. The van der Waals surface area contributed by atoms with Crippen LogP contribution in [0.3, 0.4) is 0 Å². The summed E-state index contributed by atoms with van der Waals surface area (Å²) >= 11 is 2.11. The molecule has 0 spiro atoms. The number of aromatic nitrogens is 2. The van der Waals surface area contributed by atoms with Gasteiger partial charge in [-0.25, -0.2) is 14.8 Å². The molecule has 0 aliphatic carbocycles. The first-order valence-electron chi connectivity index (χ1n) is 3.82. The summed E-state index contributed by atoms with van der Waals surface area (Å²) in [5.41, 5.74) is 4.79. The summed E-state index contributed by atoms with van der Waals surface area (Å²) < 4.78 is 5.44. The molecule has 3 N–H and O–H groups in total. The Bertz CT molecular complexity index is 320. The smallest absolute Gasteiger partial charge is 0.404 e. The first kappa shape index (κ1) is 11.0. The average molecular weight is 308 g/mol. The van der Waals surface area contributed by atoms with Crippen LogP contribution in [0.15, 0.2) is 12.5 Å². The van der Waals surface area contributed by atoms with Crippen molar-refractivity contribution in [3.05, 3.63) is 16.1 Å². The number of hydrogen-bond acceptors (Lipinski definition) is 5. The number of rotatable bonds is 4. The Kier molecular flexibility index (Phi) is 4.36. The Balaban J connectivity index is 2.31. The summed E-state index contributed by atoms with van der Waals surface area (Å²) in [6, 6.07) is 0. The lowest BCUT2D eigenvalue weighted by molar-refractivity contribution is 0.161. The molecule has 14 heavy (non-hydrogen) atoms. The molecular weight excluding hydrogens is 299 g/mol. The number of ether oxygens (including phenoxy) is 1. The molecule has 1 amide bonds. The van der Waals surface area contributed by atoms with Gasteiger partial charge in [-0.1, -0.05) is 0 Å². The van der Waals surface area contributed by atoms with Crippen LogP contribution in [0.5, 0.6) is 0 Å². The fraction of sp³-hybridized carbons (Fsp3) is 0.286. The highest BCUT2D eigenvalue weighted by Gasteiger charge is 1.99. The minimum Gasteiger partial charge on any atom is -0.448 e. The van der Waals surface area contributed by atoms with Crippen LogP contribution in [0.25, 0.3) is 0 Å². The van der Waals surface area contributed by atoms with Gasteiger partial charge in [0.1, 0.15) is 18.8 Å². The number of carbonyl (C=O) groups is 1. The Morgan fingerprint density at radius 3 is 3.14 bits per heavy atom. The lowest BCUT2D eigenvalue weighted by atomic mass is 10.5. The molecule has 1 heterocycles. The van der Waals surface area contributed by atoms with Crippen molar-refractivity contribution >= 4 is 34.5 Å². The Morgan fingerprint density at radius 1 is 1.71 bits per heavy atom. The number of halogens is 1. The van der Waals surface area contributed by atoms with Crippen molar-refractivity contribution in [3.63, 3.8) is 0 Å². The van der Waals surface area contributed by atoms with Crippen molar-refractivity contribution in [3.8, 4) is 0 Å². The molecule has 0 unspecified atom stereocenters. The zero-order valence-corrected chi connectivity index (χ0v) is 9.39. The second-order valence-electron chi connectivity index (χ2n) is 2.31. The van der Waals surface area contributed by atoms with Gasteiger partial charge >= 0.3 is 6.09 Å². The van der Waals surface area contributed by atoms with Crippen molar-refractivity contribution in [1.82, 2.24) is 9.97 Å². The van der Waals surface area contributed by atoms with Crippen LogP contribution in [-0.4, -0.2) is 29.2 Å². The van der Waals surface area contributed by atoms with Gasteiger partial charge in [-0.3, -0.25) is 0 Å². The molecule has 7 heteroatoms. The van der Waals surface area contributed by atoms with Crippen molar-refractivity contribution in [2.24, 2.45) is 5.73 Å². The monoisotopic (exact) mass is 308 g/mol. The second kappa shape index (κ2) is 5.58. The molecule has 0 saturated heterocycles. The SMILES string of the molecule is NC(=O)OCCNc1ncncc1I. The van der Waals surface area contributed by atoms with E-state index in [0.717, 1.165) is 3.57 Å². The molecule has 0 aliphatic rings. The highest BCUT2D eigenvalue weighted by atomic mass is 127.